The lowest BCUT2D eigenvalue weighted by Gasteiger charge is -2.42. The number of H-pyrrole nitrogens is 1. The fourth-order valence-corrected chi connectivity index (χ4v) is 6.62. The molecule has 21 heteroatoms. The van der Waals surface area contributed by atoms with Crippen LogP contribution in [0.3, 0.4) is 0 Å². The summed E-state index contributed by atoms with van der Waals surface area (Å²) in [7, 11) is -11.7. The highest BCUT2D eigenvalue weighted by Gasteiger charge is 2.59. The van der Waals surface area contributed by atoms with Crippen molar-refractivity contribution in [3.63, 3.8) is 0 Å². The molecule has 0 amide bonds. The summed E-state index contributed by atoms with van der Waals surface area (Å²) in [6.45, 7) is -3.69. The number of nitrogens with one attached hydrogen (secondary N) is 1. The van der Waals surface area contributed by atoms with E-state index in [4.69, 9.17) is 14.2 Å². The molecule has 0 radical (unpaired) electrons. The van der Waals surface area contributed by atoms with Gasteiger partial charge in [0.15, 0.2) is 0 Å². The van der Waals surface area contributed by atoms with Gasteiger partial charge in [0.25, 0.3) is 5.56 Å². The Hall–Kier alpha value is -4.54. The van der Waals surface area contributed by atoms with Crippen LogP contribution in [0.2, 0.25) is 0 Å². The van der Waals surface area contributed by atoms with Gasteiger partial charge in [-0.1, -0.05) is 72.8 Å². The van der Waals surface area contributed by atoms with Gasteiger partial charge in [-0.2, -0.15) is 43.2 Å². The van der Waals surface area contributed by atoms with E-state index in [9.17, 15) is 52.8 Å². The normalized spacial score (nSPS) is 18.2. The monoisotopic (exact) mass is 794 g/mol. The minimum atomic E-state index is -6.53. The van der Waals surface area contributed by atoms with E-state index in [2.05, 4.69) is 8.37 Å². The summed E-state index contributed by atoms with van der Waals surface area (Å²) in [5.74, 6) is 0.372. The van der Waals surface area contributed by atoms with Crippen LogP contribution in [0.5, 0.6) is 5.75 Å². The molecule has 1 fully saturated rings. The fourth-order valence-electron chi connectivity index (χ4n) is 5.65. The number of alkyl halides is 6. The van der Waals surface area contributed by atoms with Gasteiger partial charge in [-0.15, -0.1) is 0 Å². The molecule has 0 unspecified atom stereocenters. The molecule has 0 saturated carbocycles. The summed E-state index contributed by atoms with van der Waals surface area (Å²) >= 11 is 0. The second-order valence-corrected chi connectivity index (χ2v) is 14.7. The zero-order valence-electron chi connectivity index (χ0n) is 27.0. The van der Waals surface area contributed by atoms with Gasteiger partial charge in [-0.25, -0.2) is 4.79 Å². The van der Waals surface area contributed by atoms with Crippen LogP contribution in [0.25, 0.3) is 0 Å². The first-order valence-corrected chi connectivity index (χ1v) is 17.9. The molecular weight excluding hydrogens is 766 g/mol. The lowest BCUT2D eigenvalue weighted by molar-refractivity contribution is -0.175. The van der Waals surface area contributed by atoms with Gasteiger partial charge in [-0.05, 0) is 28.8 Å². The van der Waals surface area contributed by atoms with Gasteiger partial charge in [0.2, 0.25) is 0 Å². The van der Waals surface area contributed by atoms with Crippen LogP contribution in [0.15, 0.2) is 107 Å². The molecule has 1 aromatic heterocycles. The van der Waals surface area contributed by atoms with Crippen LogP contribution in [0, 0.1) is 0 Å². The van der Waals surface area contributed by atoms with E-state index in [0.717, 1.165) is 12.3 Å². The molecule has 13 nitrogen and oxygen atoms in total. The minimum absolute atomic E-state index is 0.280. The van der Waals surface area contributed by atoms with E-state index in [1.54, 1.807) is 60.7 Å². The predicted molar refractivity (Wildman–Crippen MR) is 171 cm³/mol. The minimum Gasteiger partial charge on any atom is -0.497 e. The topological polar surface area (TPSA) is 169 Å². The Labute approximate surface area is 296 Å². The van der Waals surface area contributed by atoms with Gasteiger partial charge in [0, 0.05) is 18.7 Å². The Bertz CT molecular complexity index is 2140. The maximum Gasteiger partial charge on any atom is 0.523 e. The zero-order valence-corrected chi connectivity index (χ0v) is 28.7. The van der Waals surface area contributed by atoms with Crippen LogP contribution < -0.4 is 16.0 Å². The molecule has 3 aromatic carbocycles. The molecule has 1 saturated heterocycles. The highest BCUT2D eigenvalue weighted by atomic mass is 32.2. The van der Waals surface area contributed by atoms with Crippen molar-refractivity contribution in [1.82, 2.24) is 9.55 Å². The average molecular weight is 795 g/mol. The first kappa shape index (κ1) is 39.7. The van der Waals surface area contributed by atoms with Crippen molar-refractivity contribution in [3.05, 3.63) is 135 Å². The van der Waals surface area contributed by atoms with Gasteiger partial charge in [-0.3, -0.25) is 22.7 Å². The average Bonchev–Trinajstić information content (AvgIpc) is 3.46. The summed E-state index contributed by atoms with van der Waals surface area (Å²) in [5, 5.41) is 0. The van der Waals surface area contributed by atoms with E-state index in [1.165, 1.54) is 31.4 Å². The summed E-state index contributed by atoms with van der Waals surface area (Å²) in [6, 6.07) is 22.9. The Morgan fingerprint density at radius 1 is 0.755 bits per heavy atom. The van der Waals surface area contributed by atoms with Crippen molar-refractivity contribution < 1.29 is 65.8 Å². The number of rotatable bonds is 13. The quantitative estimate of drug-likeness (QED) is 0.0886. The van der Waals surface area contributed by atoms with Crippen LogP contribution in [0.1, 0.15) is 29.3 Å². The van der Waals surface area contributed by atoms with E-state index in [-0.39, 0.29) is 5.56 Å². The largest absolute Gasteiger partial charge is 0.523 e. The molecule has 53 heavy (non-hydrogen) atoms. The molecule has 5 rings (SSSR count). The van der Waals surface area contributed by atoms with Gasteiger partial charge >= 0.3 is 36.9 Å². The number of hydrogen-bond donors (Lipinski definition) is 1. The highest BCUT2D eigenvalue weighted by Crippen LogP contribution is 2.49. The van der Waals surface area contributed by atoms with Crippen LogP contribution >= 0.6 is 0 Å². The number of halogens is 6. The second-order valence-electron chi connectivity index (χ2n) is 11.5. The molecule has 1 aliphatic heterocycles. The summed E-state index contributed by atoms with van der Waals surface area (Å²) in [4.78, 5) is 26.6. The number of methoxy groups -OCH3 is 1. The number of hydrogen-bond acceptors (Lipinski definition) is 11. The molecule has 1 N–H and O–H groups in total. The SMILES string of the molecule is COc1ccc(C(O[C@@H]2C[C@H](n3ccc(=O)[nH]c3=O)OC2(COS(=O)(=O)C(F)(F)F)COS(=O)(=O)C(F)(F)F)(c2ccccc2)c2ccccc2)cc1. The van der Waals surface area contributed by atoms with E-state index in [0.29, 0.717) is 21.4 Å². The lowest BCUT2D eigenvalue weighted by Crippen LogP contribution is -2.54. The van der Waals surface area contributed by atoms with E-state index in [1.807, 2.05) is 4.98 Å². The summed E-state index contributed by atoms with van der Waals surface area (Å²) in [6.07, 6.45) is -3.56. The van der Waals surface area contributed by atoms with Crippen molar-refractivity contribution in [2.75, 3.05) is 20.3 Å². The maximum atomic E-state index is 13.5. The Morgan fingerprint density at radius 3 is 1.66 bits per heavy atom. The van der Waals surface area contributed by atoms with E-state index < -0.39 is 85.7 Å². The predicted octanol–water partition coefficient (Wildman–Crippen LogP) is 4.31. The molecule has 286 valence electrons. The van der Waals surface area contributed by atoms with Gasteiger partial charge in [0.05, 0.1) is 13.2 Å². The highest BCUT2D eigenvalue weighted by molar-refractivity contribution is 7.87. The number of aromatic nitrogens is 2. The van der Waals surface area contributed by atoms with E-state index >= 15 is 0 Å². The molecule has 0 bridgehead atoms. The second kappa shape index (κ2) is 14.7. The number of aromatic amines is 1. The fraction of sp³-hybridized carbons (Fsp3) is 0.312. The molecular formula is C32H28F6N2O11S2. The first-order valence-electron chi connectivity index (χ1n) is 15.1. The Morgan fingerprint density at radius 2 is 1.23 bits per heavy atom. The van der Waals surface area contributed by atoms with Crippen molar-refractivity contribution >= 4 is 20.2 Å². The third-order valence-electron chi connectivity index (χ3n) is 8.19. The van der Waals surface area contributed by atoms with Crippen LogP contribution in [-0.4, -0.2) is 69.4 Å². The van der Waals surface area contributed by atoms with Crippen LogP contribution in [0.4, 0.5) is 26.3 Å². The third-order valence-corrected chi connectivity index (χ3v) is 10.2. The smallest absolute Gasteiger partial charge is 0.497 e. The zero-order chi connectivity index (χ0) is 38.9. The number of nitrogens with zero attached hydrogens (tertiary/aromatic N) is 1. The molecule has 2 heterocycles. The maximum absolute atomic E-state index is 13.5. The Kier molecular flexibility index (Phi) is 11.0. The van der Waals surface area contributed by atoms with Crippen molar-refractivity contribution in [2.45, 2.75) is 41.0 Å². The Balaban J connectivity index is 1.79. The summed E-state index contributed by atoms with van der Waals surface area (Å²) in [5.41, 5.74) is -18.2. The van der Waals surface area contributed by atoms with Crippen LogP contribution in [-0.2, 0) is 43.7 Å². The molecule has 0 spiro atoms. The number of ether oxygens (including phenoxy) is 3. The third kappa shape index (κ3) is 8.04. The molecule has 0 aliphatic carbocycles. The summed E-state index contributed by atoms with van der Waals surface area (Å²) < 4.78 is 157. The first-order chi connectivity index (χ1) is 24.7. The molecule has 1 aliphatic rings. The van der Waals surface area contributed by atoms with Crippen molar-refractivity contribution in [3.8, 4) is 5.75 Å². The number of benzene rings is 3. The molecule has 2 atom stereocenters. The standard InChI is InChI=1S/C32H28F6N2O11S2/c1-47-24-14-12-23(13-15-24)30(21-8-4-2-5-9-21,22-10-6-3-7-11-22)50-25-18-27(40-17-16-26(41)39-28(40)42)51-29(25,19-48-52(43,44)31(33,34)35)20-49-53(45,46)32(36,37)38/h2-17,25,27H,18-20H2,1H3,(H,39,41,42)/t25-,27-/m1/s1. The van der Waals surface area contributed by atoms with Gasteiger partial charge in [0.1, 0.15) is 36.4 Å². The molecule has 4 aromatic rings. The van der Waals surface area contributed by atoms with Crippen molar-refractivity contribution in [2.24, 2.45) is 0 Å². The van der Waals surface area contributed by atoms with Gasteiger partial charge < -0.3 is 14.2 Å². The van der Waals surface area contributed by atoms with Crippen molar-refractivity contribution in [1.29, 1.82) is 0 Å². The lowest BCUT2D eigenvalue weighted by atomic mass is 9.79.